The third-order valence-electron chi connectivity index (χ3n) is 5.56. The van der Waals surface area contributed by atoms with Gasteiger partial charge in [-0.2, -0.15) is 0 Å². The van der Waals surface area contributed by atoms with Crippen molar-refractivity contribution in [1.82, 2.24) is 14.5 Å². The van der Waals surface area contributed by atoms with Gasteiger partial charge in [-0.15, -0.1) is 0 Å². The van der Waals surface area contributed by atoms with Crippen molar-refractivity contribution < 1.29 is 9.53 Å². The van der Waals surface area contributed by atoms with Crippen LogP contribution in [0.15, 0.2) is 42.5 Å². The van der Waals surface area contributed by atoms with Gasteiger partial charge in [-0.3, -0.25) is 4.79 Å². The lowest BCUT2D eigenvalue weighted by molar-refractivity contribution is -0.129. The number of nitrogens with zero attached hydrogens (tertiary/aromatic N) is 3. The predicted octanol–water partition coefficient (Wildman–Crippen LogP) is 4.42. The number of fused-ring (bicyclic) bond motifs is 1. The summed E-state index contributed by atoms with van der Waals surface area (Å²) in [5.41, 5.74) is 4.40. The molecule has 5 nitrogen and oxygen atoms in total. The Bertz CT molecular complexity index is 1010. The van der Waals surface area contributed by atoms with Gasteiger partial charge in [-0.25, -0.2) is 4.98 Å². The van der Waals surface area contributed by atoms with Crippen LogP contribution in [0.1, 0.15) is 42.8 Å². The maximum Gasteiger partial charge on any atom is 0.220 e. The summed E-state index contributed by atoms with van der Waals surface area (Å²) >= 11 is 0. The van der Waals surface area contributed by atoms with E-state index in [-0.39, 0.29) is 11.9 Å². The average Bonchev–Trinajstić information content (AvgIpc) is 3.29. The van der Waals surface area contributed by atoms with Gasteiger partial charge >= 0.3 is 0 Å². The highest BCUT2D eigenvalue weighted by Gasteiger charge is 2.32. The molecule has 1 aromatic heterocycles. The number of hydrogen-bond donors (Lipinski definition) is 0. The number of amides is 1. The van der Waals surface area contributed by atoms with Crippen molar-refractivity contribution in [1.29, 1.82) is 0 Å². The van der Waals surface area contributed by atoms with Crippen LogP contribution in [-0.4, -0.2) is 33.5 Å². The minimum Gasteiger partial charge on any atom is -0.491 e. The predicted molar refractivity (Wildman–Crippen MR) is 111 cm³/mol. The second-order valence-corrected chi connectivity index (χ2v) is 7.60. The number of hydrogen-bond acceptors (Lipinski definition) is 3. The van der Waals surface area contributed by atoms with Crippen molar-refractivity contribution in [3.63, 3.8) is 0 Å². The topological polar surface area (TPSA) is 47.4 Å². The maximum atomic E-state index is 12.1. The Morgan fingerprint density at radius 1 is 1.21 bits per heavy atom. The minimum absolute atomic E-state index is 0.0469. The summed E-state index contributed by atoms with van der Waals surface area (Å²) in [5, 5.41) is 0. The molecule has 1 amide bonds. The Hall–Kier alpha value is -2.82. The Labute approximate surface area is 165 Å². The third-order valence-corrected chi connectivity index (χ3v) is 5.56. The number of ether oxygens (including phenoxy) is 1. The van der Waals surface area contributed by atoms with Crippen LogP contribution in [0, 0.1) is 13.8 Å². The standard InChI is InChI=1S/C23H27N3O2/c1-16-10-11-17(2)22(15-16)28-14-13-26-20-8-5-4-7-19(20)24-23(26)21-9-6-12-25(21)18(3)27/h4-5,7-8,10-11,15,21H,6,9,12-14H2,1-3H3/t21-/m0/s1. The quantitative estimate of drug-likeness (QED) is 0.661. The van der Waals surface area contributed by atoms with Crippen molar-refractivity contribution in [3.8, 4) is 5.75 Å². The zero-order valence-corrected chi connectivity index (χ0v) is 16.8. The molecule has 1 aliphatic rings. The van der Waals surface area contributed by atoms with Crippen LogP contribution in [0.5, 0.6) is 5.75 Å². The van der Waals surface area contributed by atoms with Crippen LogP contribution in [0.4, 0.5) is 0 Å². The van der Waals surface area contributed by atoms with Crippen molar-refractivity contribution in [2.45, 2.75) is 46.2 Å². The maximum absolute atomic E-state index is 12.1. The van der Waals surface area contributed by atoms with Gasteiger partial charge in [0.25, 0.3) is 0 Å². The first-order valence-electron chi connectivity index (χ1n) is 9.97. The molecule has 1 aliphatic heterocycles. The summed E-state index contributed by atoms with van der Waals surface area (Å²) < 4.78 is 8.33. The first-order chi connectivity index (χ1) is 13.5. The van der Waals surface area contributed by atoms with Crippen molar-refractivity contribution in [3.05, 3.63) is 59.4 Å². The molecule has 1 saturated heterocycles. The van der Waals surface area contributed by atoms with Crippen LogP contribution < -0.4 is 4.74 Å². The van der Waals surface area contributed by atoms with Gasteiger partial charge in [0.2, 0.25) is 5.91 Å². The summed E-state index contributed by atoms with van der Waals surface area (Å²) in [6.45, 7) is 7.85. The normalized spacial score (nSPS) is 16.7. The molecule has 3 aromatic rings. The van der Waals surface area contributed by atoms with Crippen molar-refractivity contribution in [2.24, 2.45) is 0 Å². The highest BCUT2D eigenvalue weighted by atomic mass is 16.5. The molecular weight excluding hydrogens is 350 g/mol. The smallest absolute Gasteiger partial charge is 0.220 e. The van der Waals surface area contributed by atoms with Gasteiger partial charge in [-0.1, -0.05) is 24.3 Å². The van der Waals surface area contributed by atoms with Gasteiger partial charge < -0.3 is 14.2 Å². The number of imidazole rings is 1. The van der Waals surface area contributed by atoms with Crippen LogP contribution in [-0.2, 0) is 11.3 Å². The van der Waals surface area contributed by atoms with Crippen LogP contribution >= 0.6 is 0 Å². The van der Waals surface area contributed by atoms with E-state index in [1.807, 2.05) is 23.1 Å². The Morgan fingerprint density at radius 3 is 2.86 bits per heavy atom. The summed E-state index contributed by atoms with van der Waals surface area (Å²) in [6.07, 6.45) is 1.98. The fourth-order valence-corrected chi connectivity index (χ4v) is 4.11. The molecule has 0 N–H and O–H groups in total. The highest BCUT2D eigenvalue weighted by Crippen LogP contribution is 2.33. The van der Waals surface area contributed by atoms with E-state index in [0.717, 1.165) is 47.6 Å². The first-order valence-corrected chi connectivity index (χ1v) is 9.97. The van der Waals surface area contributed by atoms with Crippen molar-refractivity contribution >= 4 is 16.9 Å². The lowest BCUT2D eigenvalue weighted by Gasteiger charge is -2.24. The molecule has 2 heterocycles. The van der Waals surface area contributed by atoms with Gasteiger partial charge in [0.05, 0.1) is 23.6 Å². The Balaban J connectivity index is 1.62. The summed E-state index contributed by atoms with van der Waals surface area (Å²) in [6, 6.07) is 14.5. The third kappa shape index (κ3) is 3.49. The number of rotatable bonds is 5. The molecule has 0 aliphatic carbocycles. The second-order valence-electron chi connectivity index (χ2n) is 7.60. The van der Waals surface area contributed by atoms with E-state index in [4.69, 9.17) is 9.72 Å². The van der Waals surface area contributed by atoms with E-state index < -0.39 is 0 Å². The number of para-hydroxylation sites is 2. The van der Waals surface area contributed by atoms with Crippen LogP contribution in [0.25, 0.3) is 11.0 Å². The molecule has 0 spiro atoms. The molecule has 28 heavy (non-hydrogen) atoms. The lowest BCUT2D eigenvalue weighted by atomic mass is 10.1. The van der Waals surface area contributed by atoms with E-state index in [1.165, 1.54) is 5.56 Å². The van der Waals surface area contributed by atoms with E-state index >= 15 is 0 Å². The molecule has 0 unspecified atom stereocenters. The zero-order chi connectivity index (χ0) is 19.7. The fraction of sp³-hybridized carbons (Fsp3) is 0.391. The van der Waals surface area contributed by atoms with Gasteiger partial charge in [-0.05, 0) is 56.0 Å². The summed E-state index contributed by atoms with van der Waals surface area (Å²) in [7, 11) is 0. The minimum atomic E-state index is 0.0469. The van der Waals surface area contributed by atoms with Crippen LogP contribution in [0.2, 0.25) is 0 Å². The molecule has 1 fully saturated rings. The number of aromatic nitrogens is 2. The molecule has 0 bridgehead atoms. The van der Waals surface area contributed by atoms with Gasteiger partial charge in [0.15, 0.2) is 0 Å². The number of carbonyl (C=O) groups excluding carboxylic acids is 1. The second kappa shape index (κ2) is 7.66. The zero-order valence-electron chi connectivity index (χ0n) is 16.8. The Morgan fingerprint density at radius 2 is 2.04 bits per heavy atom. The number of carbonyl (C=O) groups is 1. The molecule has 1 atom stereocenters. The van der Waals surface area contributed by atoms with E-state index in [0.29, 0.717) is 13.2 Å². The van der Waals surface area contributed by atoms with E-state index in [1.54, 1.807) is 6.92 Å². The number of aryl methyl sites for hydroxylation is 2. The molecule has 2 aromatic carbocycles. The molecule has 4 rings (SSSR count). The molecule has 146 valence electrons. The molecular formula is C23H27N3O2. The monoisotopic (exact) mass is 377 g/mol. The van der Waals surface area contributed by atoms with Gasteiger partial charge in [0, 0.05) is 13.5 Å². The molecule has 5 heteroatoms. The molecule has 0 radical (unpaired) electrons. The average molecular weight is 377 g/mol. The van der Waals surface area contributed by atoms with Gasteiger partial charge in [0.1, 0.15) is 18.2 Å². The SMILES string of the molecule is CC(=O)N1CCC[C@H]1c1nc2ccccc2n1CCOc1cc(C)ccc1C. The highest BCUT2D eigenvalue weighted by molar-refractivity contribution is 5.77. The van der Waals surface area contributed by atoms with Crippen LogP contribution in [0.3, 0.4) is 0 Å². The van der Waals surface area contributed by atoms with E-state index in [2.05, 4.69) is 42.7 Å². The largest absolute Gasteiger partial charge is 0.491 e. The molecule has 0 saturated carbocycles. The number of likely N-dealkylation sites (tertiary alicyclic amines) is 1. The van der Waals surface area contributed by atoms with Crippen molar-refractivity contribution in [2.75, 3.05) is 13.2 Å². The first kappa shape index (κ1) is 18.5. The Kier molecular flexibility index (Phi) is 5.07. The summed E-state index contributed by atoms with van der Waals surface area (Å²) in [5.74, 6) is 2.02. The summed E-state index contributed by atoms with van der Waals surface area (Å²) in [4.78, 5) is 18.9. The van der Waals surface area contributed by atoms with E-state index in [9.17, 15) is 4.79 Å². The number of benzene rings is 2. The fourth-order valence-electron chi connectivity index (χ4n) is 4.11. The lowest BCUT2D eigenvalue weighted by Crippen LogP contribution is -2.30.